The Labute approximate surface area is 123 Å². The number of hydrogen-bond donors (Lipinski definition) is 0. The van der Waals surface area contributed by atoms with Gasteiger partial charge >= 0.3 is 0 Å². The first kappa shape index (κ1) is 13.5. The molecule has 1 heterocycles. The Morgan fingerprint density at radius 1 is 1.10 bits per heavy atom. The maximum atomic E-state index is 12.6. The van der Waals surface area contributed by atoms with Gasteiger partial charge in [0.05, 0.1) is 18.2 Å². The Bertz CT molecular complexity index is 698. The quantitative estimate of drug-likeness (QED) is 0.850. The predicted molar refractivity (Wildman–Crippen MR) is 79.5 cm³/mol. The van der Waals surface area contributed by atoms with Gasteiger partial charge in [-0.2, -0.15) is 0 Å². The van der Waals surface area contributed by atoms with Crippen molar-refractivity contribution in [1.29, 1.82) is 0 Å². The Morgan fingerprint density at radius 2 is 1.76 bits per heavy atom. The summed E-state index contributed by atoms with van der Waals surface area (Å²) in [6, 6.07) is 14.9. The second-order valence-corrected chi connectivity index (χ2v) is 5.15. The average molecular weight is 283 g/mol. The number of ether oxygens (including phenoxy) is 2. The van der Waals surface area contributed by atoms with Crippen molar-refractivity contribution >= 4 is 5.91 Å². The molecule has 1 atom stereocenters. The molecule has 0 spiro atoms. The van der Waals surface area contributed by atoms with E-state index in [1.165, 1.54) is 0 Å². The van der Waals surface area contributed by atoms with Gasteiger partial charge in [0.1, 0.15) is 11.5 Å². The molecule has 1 unspecified atom stereocenters. The van der Waals surface area contributed by atoms with E-state index in [-0.39, 0.29) is 5.91 Å². The van der Waals surface area contributed by atoms with E-state index in [4.69, 9.17) is 9.47 Å². The molecule has 1 amide bonds. The Hall–Kier alpha value is -2.49. The van der Waals surface area contributed by atoms with Crippen molar-refractivity contribution in [2.45, 2.75) is 12.6 Å². The monoisotopic (exact) mass is 283 g/mol. The highest BCUT2D eigenvalue weighted by Crippen LogP contribution is 2.41. The summed E-state index contributed by atoms with van der Waals surface area (Å²) in [5, 5.41) is 0. The van der Waals surface area contributed by atoms with Crippen molar-refractivity contribution in [3.63, 3.8) is 0 Å². The first-order chi connectivity index (χ1) is 10.1. The fraction of sp³-hybridized carbons (Fsp3) is 0.235. The second kappa shape index (κ2) is 4.81. The first-order valence-corrected chi connectivity index (χ1v) is 6.77. The van der Waals surface area contributed by atoms with Gasteiger partial charge < -0.3 is 9.47 Å². The van der Waals surface area contributed by atoms with Crippen LogP contribution in [-0.4, -0.2) is 25.0 Å². The number of carbonyl (C=O) groups excluding carboxylic acids is 1. The molecule has 4 heteroatoms. The SMILES string of the molecule is COc1ccccc1C1(C)Oc2ccccc2C(=O)N1C. The third-order valence-corrected chi connectivity index (χ3v) is 3.98. The van der Waals surface area contributed by atoms with Crippen LogP contribution < -0.4 is 9.47 Å². The molecule has 0 aromatic heterocycles. The van der Waals surface area contributed by atoms with Gasteiger partial charge in [0.2, 0.25) is 5.72 Å². The van der Waals surface area contributed by atoms with E-state index in [2.05, 4.69) is 0 Å². The summed E-state index contributed by atoms with van der Waals surface area (Å²) in [7, 11) is 3.35. The van der Waals surface area contributed by atoms with Crippen LogP contribution >= 0.6 is 0 Å². The van der Waals surface area contributed by atoms with Crippen LogP contribution in [0.2, 0.25) is 0 Å². The minimum atomic E-state index is -0.905. The number of amides is 1. The molecule has 21 heavy (non-hydrogen) atoms. The zero-order valence-electron chi connectivity index (χ0n) is 12.3. The molecule has 2 aromatic carbocycles. The summed E-state index contributed by atoms with van der Waals surface area (Å²) in [5.74, 6) is 1.22. The van der Waals surface area contributed by atoms with Crippen LogP contribution in [0, 0.1) is 0 Å². The molecular formula is C17H17NO3. The summed E-state index contributed by atoms with van der Waals surface area (Å²) in [6.45, 7) is 1.87. The van der Waals surface area contributed by atoms with Gasteiger partial charge in [0, 0.05) is 7.05 Å². The van der Waals surface area contributed by atoms with Gasteiger partial charge in [-0.25, -0.2) is 0 Å². The smallest absolute Gasteiger partial charge is 0.260 e. The lowest BCUT2D eigenvalue weighted by molar-refractivity contribution is -0.0568. The molecular weight excluding hydrogens is 266 g/mol. The number of hydrogen-bond acceptors (Lipinski definition) is 3. The van der Waals surface area contributed by atoms with Gasteiger partial charge in [0.25, 0.3) is 5.91 Å². The molecule has 108 valence electrons. The predicted octanol–water partition coefficient (Wildman–Crippen LogP) is 3.03. The van der Waals surface area contributed by atoms with Crippen molar-refractivity contribution in [3.05, 3.63) is 59.7 Å². The number of rotatable bonds is 2. The Kier molecular flexibility index (Phi) is 3.09. The second-order valence-electron chi connectivity index (χ2n) is 5.15. The summed E-state index contributed by atoms with van der Waals surface area (Å²) < 4.78 is 11.6. The third kappa shape index (κ3) is 1.95. The highest BCUT2D eigenvalue weighted by molar-refractivity contribution is 5.98. The van der Waals surface area contributed by atoms with Crippen LogP contribution in [0.5, 0.6) is 11.5 Å². The highest BCUT2D eigenvalue weighted by atomic mass is 16.5. The van der Waals surface area contributed by atoms with Gasteiger partial charge in [-0.15, -0.1) is 0 Å². The van der Waals surface area contributed by atoms with Crippen LogP contribution in [0.15, 0.2) is 48.5 Å². The largest absolute Gasteiger partial charge is 0.496 e. The molecule has 0 saturated heterocycles. The lowest BCUT2D eigenvalue weighted by Gasteiger charge is -2.43. The van der Waals surface area contributed by atoms with Crippen molar-refractivity contribution < 1.29 is 14.3 Å². The van der Waals surface area contributed by atoms with E-state index in [1.807, 2.05) is 49.4 Å². The maximum absolute atomic E-state index is 12.6. The minimum Gasteiger partial charge on any atom is -0.496 e. The highest BCUT2D eigenvalue weighted by Gasteiger charge is 2.44. The van der Waals surface area contributed by atoms with Crippen molar-refractivity contribution in [2.75, 3.05) is 14.2 Å². The minimum absolute atomic E-state index is 0.0646. The van der Waals surface area contributed by atoms with Crippen LogP contribution in [-0.2, 0) is 5.72 Å². The van der Waals surface area contributed by atoms with Gasteiger partial charge in [0.15, 0.2) is 0 Å². The van der Waals surface area contributed by atoms with Crippen LogP contribution in [0.1, 0.15) is 22.8 Å². The summed E-state index contributed by atoms with van der Waals surface area (Å²) in [4.78, 5) is 14.2. The van der Waals surface area contributed by atoms with Crippen molar-refractivity contribution in [1.82, 2.24) is 4.90 Å². The van der Waals surface area contributed by atoms with Gasteiger partial charge in [-0.05, 0) is 31.2 Å². The molecule has 0 aliphatic carbocycles. The van der Waals surface area contributed by atoms with Gasteiger partial charge in [-0.3, -0.25) is 9.69 Å². The molecule has 3 rings (SSSR count). The average Bonchev–Trinajstić information content (AvgIpc) is 2.53. The van der Waals surface area contributed by atoms with Crippen LogP contribution in [0.25, 0.3) is 0 Å². The van der Waals surface area contributed by atoms with Gasteiger partial charge in [-0.1, -0.05) is 24.3 Å². The van der Waals surface area contributed by atoms with E-state index in [0.717, 1.165) is 5.56 Å². The molecule has 0 saturated carbocycles. The summed E-state index contributed by atoms with van der Waals surface area (Å²) in [5.41, 5.74) is 0.489. The summed E-state index contributed by atoms with van der Waals surface area (Å²) >= 11 is 0. The molecule has 0 N–H and O–H groups in total. The lowest BCUT2D eigenvalue weighted by Crippen LogP contribution is -2.52. The van der Waals surface area contributed by atoms with Crippen LogP contribution in [0.4, 0.5) is 0 Å². The fourth-order valence-corrected chi connectivity index (χ4v) is 2.65. The van der Waals surface area contributed by atoms with E-state index in [0.29, 0.717) is 17.1 Å². The number of fused-ring (bicyclic) bond motifs is 1. The third-order valence-electron chi connectivity index (χ3n) is 3.98. The molecule has 0 bridgehead atoms. The fourth-order valence-electron chi connectivity index (χ4n) is 2.65. The number of para-hydroxylation sites is 2. The number of carbonyl (C=O) groups is 1. The molecule has 0 fully saturated rings. The van der Waals surface area contributed by atoms with E-state index in [9.17, 15) is 4.79 Å². The van der Waals surface area contributed by atoms with E-state index < -0.39 is 5.72 Å². The summed E-state index contributed by atoms with van der Waals surface area (Å²) in [6.07, 6.45) is 0. The molecule has 4 nitrogen and oxygen atoms in total. The van der Waals surface area contributed by atoms with E-state index >= 15 is 0 Å². The van der Waals surface area contributed by atoms with Crippen molar-refractivity contribution in [2.24, 2.45) is 0 Å². The molecule has 2 aromatic rings. The molecule has 0 radical (unpaired) electrons. The van der Waals surface area contributed by atoms with Crippen molar-refractivity contribution in [3.8, 4) is 11.5 Å². The normalized spacial score (nSPS) is 20.7. The first-order valence-electron chi connectivity index (χ1n) is 6.77. The van der Waals surface area contributed by atoms with Crippen LogP contribution in [0.3, 0.4) is 0 Å². The zero-order chi connectivity index (χ0) is 15.0. The Balaban J connectivity index is 2.16. The number of benzene rings is 2. The maximum Gasteiger partial charge on any atom is 0.260 e. The Morgan fingerprint density at radius 3 is 2.52 bits per heavy atom. The lowest BCUT2D eigenvalue weighted by atomic mass is 9.98. The number of nitrogens with zero attached hydrogens (tertiary/aromatic N) is 1. The number of methoxy groups -OCH3 is 1. The van der Waals surface area contributed by atoms with E-state index in [1.54, 1.807) is 25.1 Å². The zero-order valence-corrected chi connectivity index (χ0v) is 12.3. The standard InChI is InChI=1S/C17H17NO3/c1-17(13-9-5-7-11-15(13)20-3)18(2)16(19)12-8-4-6-10-14(12)21-17/h4-11H,1-3H3. The topological polar surface area (TPSA) is 38.8 Å². The molecule has 1 aliphatic heterocycles. The molecule has 1 aliphatic rings.